The monoisotopic (exact) mass is 394 g/mol. The summed E-state index contributed by atoms with van der Waals surface area (Å²) in [5, 5.41) is 9.13. The van der Waals surface area contributed by atoms with E-state index < -0.39 is 51.1 Å². The fourth-order valence-corrected chi connectivity index (χ4v) is 3.69. The number of carboxylic acids is 1. The molecule has 1 saturated heterocycles. The van der Waals surface area contributed by atoms with Crippen molar-refractivity contribution in [2.24, 2.45) is 0 Å². The van der Waals surface area contributed by atoms with E-state index in [9.17, 15) is 31.2 Å². The largest absolute Gasteiger partial charge is 0.480 e. The third kappa shape index (κ3) is 4.73. The normalized spacial score (nSPS) is 18.6. The van der Waals surface area contributed by atoms with Crippen LogP contribution in [0.4, 0.5) is 13.2 Å². The lowest BCUT2D eigenvalue weighted by Gasteiger charge is -2.33. The number of likely N-dealkylation sites (tertiary alicyclic amines) is 1. The highest BCUT2D eigenvalue weighted by Crippen LogP contribution is 2.30. The van der Waals surface area contributed by atoms with Gasteiger partial charge in [-0.1, -0.05) is 6.07 Å². The Hall–Kier alpha value is -2.14. The molecule has 1 aromatic carbocycles. The number of amides is 1. The van der Waals surface area contributed by atoms with E-state index in [-0.39, 0.29) is 13.0 Å². The van der Waals surface area contributed by atoms with Gasteiger partial charge >= 0.3 is 12.1 Å². The fourth-order valence-electron chi connectivity index (χ4n) is 2.67. The molecule has 0 spiro atoms. The van der Waals surface area contributed by atoms with Crippen molar-refractivity contribution in [2.45, 2.75) is 36.4 Å². The summed E-state index contributed by atoms with van der Waals surface area (Å²) in [6, 6.07) is 2.09. The summed E-state index contributed by atoms with van der Waals surface area (Å²) < 4.78 is 64.3. The lowest BCUT2D eigenvalue weighted by molar-refractivity contribution is -0.151. The number of carboxylic acid groups (broad SMARTS) is 1. The van der Waals surface area contributed by atoms with Gasteiger partial charge in [0.05, 0.1) is 17.0 Å². The SMILES string of the molecule is O=C(O)C1CCCCN1C(=O)CNS(=O)(=O)c1cccc(C(F)(F)F)c1. The highest BCUT2D eigenvalue weighted by molar-refractivity contribution is 7.89. The third-order valence-corrected chi connectivity index (χ3v) is 5.39. The first-order valence-corrected chi connectivity index (χ1v) is 9.20. The minimum atomic E-state index is -4.70. The Balaban J connectivity index is 2.10. The highest BCUT2D eigenvalue weighted by Gasteiger charge is 2.33. The first-order chi connectivity index (χ1) is 12.0. The van der Waals surface area contributed by atoms with Gasteiger partial charge in [-0.3, -0.25) is 4.79 Å². The Morgan fingerprint density at radius 3 is 2.58 bits per heavy atom. The number of carbonyl (C=O) groups excluding carboxylic acids is 1. The van der Waals surface area contributed by atoms with Gasteiger partial charge in [-0.2, -0.15) is 13.2 Å². The van der Waals surface area contributed by atoms with Crippen molar-refractivity contribution in [1.29, 1.82) is 0 Å². The summed E-state index contributed by atoms with van der Waals surface area (Å²) in [4.78, 5) is 23.8. The molecule has 144 valence electrons. The predicted octanol–water partition coefficient (Wildman–Crippen LogP) is 1.45. The second kappa shape index (κ2) is 7.62. The molecule has 0 radical (unpaired) electrons. The molecule has 1 aromatic rings. The number of nitrogens with one attached hydrogen (secondary N) is 1. The van der Waals surface area contributed by atoms with Crippen LogP contribution in [0.25, 0.3) is 0 Å². The lowest BCUT2D eigenvalue weighted by Crippen LogP contribution is -2.51. The standard InChI is InChI=1S/C15H17F3N2O5S/c16-15(17,18)10-4-3-5-11(8-10)26(24,25)19-9-13(21)20-7-2-1-6-12(20)14(22)23/h3-5,8,12,19H,1-2,6-7,9H2,(H,22,23). The van der Waals surface area contributed by atoms with Crippen LogP contribution >= 0.6 is 0 Å². The molecule has 1 amide bonds. The number of benzene rings is 1. The van der Waals surface area contributed by atoms with Crippen molar-refractivity contribution in [1.82, 2.24) is 9.62 Å². The zero-order valence-electron chi connectivity index (χ0n) is 13.5. The molecule has 1 heterocycles. The minimum Gasteiger partial charge on any atom is -0.480 e. The van der Waals surface area contributed by atoms with Gasteiger partial charge in [0.2, 0.25) is 15.9 Å². The number of halogens is 3. The van der Waals surface area contributed by atoms with E-state index in [1.807, 2.05) is 4.72 Å². The Morgan fingerprint density at radius 2 is 1.96 bits per heavy atom. The molecule has 1 aliphatic rings. The smallest absolute Gasteiger partial charge is 0.416 e. The fraction of sp³-hybridized carbons (Fsp3) is 0.467. The lowest BCUT2D eigenvalue weighted by atomic mass is 10.0. The number of alkyl halides is 3. The average molecular weight is 394 g/mol. The second-order valence-corrected chi connectivity index (χ2v) is 7.55. The molecule has 7 nitrogen and oxygen atoms in total. The highest BCUT2D eigenvalue weighted by atomic mass is 32.2. The van der Waals surface area contributed by atoms with Crippen LogP contribution in [0.5, 0.6) is 0 Å². The number of aliphatic carboxylic acids is 1. The number of sulfonamides is 1. The van der Waals surface area contributed by atoms with Crippen molar-refractivity contribution in [2.75, 3.05) is 13.1 Å². The van der Waals surface area contributed by atoms with E-state index in [2.05, 4.69) is 0 Å². The van der Waals surface area contributed by atoms with E-state index in [4.69, 9.17) is 5.11 Å². The summed E-state index contributed by atoms with van der Waals surface area (Å²) in [5.74, 6) is -1.92. The zero-order valence-corrected chi connectivity index (χ0v) is 14.3. The third-order valence-electron chi connectivity index (χ3n) is 3.99. The maximum absolute atomic E-state index is 12.7. The van der Waals surface area contributed by atoms with Crippen LogP contribution in [-0.4, -0.2) is 49.4 Å². The number of hydrogen-bond donors (Lipinski definition) is 2. The quantitative estimate of drug-likeness (QED) is 0.787. The van der Waals surface area contributed by atoms with E-state index >= 15 is 0 Å². The van der Waals surface area contributed by atoms with Crippen LogP contribution in [0, 0.1) is 0 Å². The molecule has 0 aromatic heterocycles. The maximum atomic E-state index is 12.7. The van der Waals surface area contributed by atoms with Crippen LogP contribution in [-0.2, 0) is 25.8 Å². The second-order valence-electron chi connectivity index (χ2n) is 5.79. The van der Waals surface area contributed by atoms with Crippen molar-refractivity contribution in [3.05, 3.63) is 29.8 Å². The Morgan fingerprint density at radius 1 is 1.27 bits per heavy atom. The van der Waals surface area contributed by atoms with Gasteiger partial charge in [0, 0.05) is 6.54 Å². The van der Waals surface area contributed by atoms with Crippen LogP contribution in [0.1, 0.15) is 24.8 Å². The van der Waals surface area contributed by atoms with Crippen molar-refractivity contribution >= 4 is 21.9 Å². The summed E-state index contributed by atoms with van der Waals surface area (Å²) in [7, 11) is -4.36. The van der Waals surface area contributed by atoms with Crippen LogP contribution in [0.2, 0.25) is 0 Å². The van der Waals surface area contributed by atoms with Crippen LogP contribution in [0.15, 0.2) is 29.2 Å². The van der Waals surface area contributed by atoms with Crippen molar-refractivity contribution < 1.29 is 36.3 Å². The molecule has 1 fully saturated rings. The molecule has 2 rings (SSSR count). The Bertz CT molecular complexity index is 795. The van der Waals surface area contributed by atoms with Gasteiger partial charge in [-0.15, -0.1) is 0 Å². The molecular weight excluding hydrogens is 377 g/mol. The van der Waals surface area contributed by atoms with Gasteiger partial charge in [0.25, 0.3) is 0 Å². The number of piperidine rings is 1. The van der Waals surface area contributed by atoms with Crippen molar-refractivity contribution in [3.8, 4) is 0 Å². The number of rotatable bonds is 5. The zero-order chi connectivity index (χ0) is 19.5. The first-order valence-electron chi connectivity index (χ1n) is 7.71. The van der Waals surface area contributed by atoms with Gasteiger partial charge in [-0.05, 0) is 37.5 Å². The van der Waals surface area contributed by atoms with E-state index in [1.54, 1.807) is 0 Å². The van der Waals surface area contributed by atoms with E-state index in [1.165, 1.54) is 0 Å². The van der Waals surface area contributed by atoms with Gasteiger partial charge < -0.3 is 10.0 Å². The molecule has 0 aliphatic carbocycles. The van der Waals surface area contributed by atoms with E-state index in [0.29, 0.717) is 18.9 Å². The Kier molecular flexibility index (Phi) is 5.91. The summed E-state index contributed by atoms with van der Waals surface area (Å²) in [5.41, 5.74) is -1.13. The summed E-state index contributed by atoms with van der Waals surface area (Å²) in [6.07, 6.45) is -3.21. The topological polar surface area (TPSA) is 104 Å². The molecule has 11 heteroatoms. The number of carbonyl (C=O) groups is 2. The van der Waals surface area contributed by atoms with E-state index in [0.717, 1.165) is 23.1 Å². The molecule has 0 bridgehead atoms. The number of nitrogens with zero attached hydrogens (tertiary/aromatic N) is 1. The average Bonchev–Trinajstić information content (AvgIpc) is 2.59. The molecule has 0 saturated carbocycles. The summed E-state index contributed by atoms with van der Waals surface area (Å²) in [6.45, 7) is -0.552. The molecule has 1 aliphatic heterocycles. The van der Waals surface area contributed by atoms with Gasteiger partial charge in [0.15, 0.2) is 0 Å². The van der Waals surface area contributed by atoms with Crippen molar-refractivity contribution in [3.63, 3.8) is 0 Å². The maximum Gasteiger partial charge on any atom is 0.416 e. The van der Waals surface area contributed by atoms with Crippen LogP contribution in [0.3, 0.4) is 0 Å². The molecule has 2 N–H and O–H groups in total. The van der Waals surface area contributed by atoms with Crippen LogP contribution < -0.4 is 4.72 Å². The first kappa shape index (κ1) is 20.2. The Labute approximate surface area is 147 Å². The number of hydrogen-bond acceptors (Lipinski definition) is 4. The molecule has 1 atom stereocenters. The van der Waals surface area contributed by atoms with Gasteiger partial charge in [0.1, 0.15) is 6.04 Å². The predicted molar refractivity (Wildman–Crippen MR) is 83.6 cm³/mol. The molecule has 26 heavy (non-hydrogen) atoms. The molecule has 1 unspecified atom stereocenters. The molecular formula is C15H17F3N2O5S. The minimum absolute atomic E-state index is 0.182. The van der Waals surface area contributed by atoms with Gasteiger partial charge in [-0.25, -0.2) is 17.9 Å². The summed E-state index contributed by atoms with van der Waals surface area (Å²) >= 11 is 0.